The molecule has 14 heavy (non-hydrogen) atoms. The minimum absolute atomic E-state index is 0.0980. The third kappa shape index (κ3) is 2.25. The van der Waals surface area contributed by atoms with Gasteiger partial charge in [-0.3, -0.25) is 0 Å². The molecule has 0 aliphatic carbocycles. The summed E-state index contributed by atoms with van der Waals surface area (Å²) in [5, 5.41) is 0.367. The highest BCUT2D eigenvalue weighted by Gasteiger charge is 2.11. The molecule has 1 atom stereocenters. The van der Waals surface area contributed by atoms with Gasteiger partial charge in [-0.25, -0.2) is 4.79 Å². The largest absolute Gasteiger partial charge is 0.465 e. The Bertz CT molecular complexity index is 350. The number of ether oxygens (including phenoxy) is 1. The Kier molecular flexibility index (Phi) is 3.49. The Hall–Kier alpha value is -1.06. The number of nitrogens with two attached hydrogens (primary N) is 1. The van der Waals surface area contributed by atoms with E-state index >= 15 is 0 Å². The molecule has 0 aromatic heterocycles. The normalized spacial score (nSPS) is 12.3. The van der Waals surface area contributed by atoms with Crippen molar-refractivity contribution in [2.45, 2.75) is 13.0 Å². The Morgan fingerprint density at radius 1 is 1.57 bits per heavy atom. The smallest absolute Gasteiger partial charge is 0.339 e. The van der Waals surface area contributed by atoms with E-state index in [0.29, 0.717) is 10.6 Å². The summed E-state index contributed by atoms with van der Waals surface area (Å²) in [5.41, 5.74) is 6.92. The average molecular weight is 214 g/mol. The lowest BCUT2D eigenvalue weighted by molar-refractivity contribution is 0.0601. The number of hydrogen-bond acceptors (Lipinski definition) is 3. The number of rotatable bonds is 2. The van der Waals surface area contributed by atoms with Crippen LogP contribution in [-0.2, 0) is 4.74 Å². The monoisotopic (exact) mass is 213 g/mol. The van der Waals surface area contributed by atoms with Gasteiger partial charge in [0.1, 0.15) is 0 Å². The zero-order valence-electron chi connectivity index (χ0n) is 8.08. The summed E-state index contributed by atoms with van der Waals surface area (Å²) in [5.74, 6) is -0.439. The lowest BCUT2D eigenvalue weighted by Gasteiger charge is -2.08. The van der Waals surface area contributed by atoms with Crippen LogP contribution >= 0.6 is 11.6 Å². The van der Waals surface area contributed by atoms with E-state index < -0.39 is 5.97 Å². The van der Waals surface area contributed by atoms with E-state index in [4.69, 9.17) is 17.3 Å². The number of esters is 1. The van der Waals surface area contributed by atoms with E-state index in [2.05, 4.69) is 4.74 Å². The third-order valence-corrected chi connectivity index (χ3v) is 2.24. The molecule has 1 aromatic carbocycles. The number of carbonyl (C=O) groups excluding carboxylic acids is 1. The van der Waals surface area contributed by atoms with E-state index in [1.807, 2.05) is 6.92 Å². The molecule has 0 aliphatic rings. The van der Waals surface area contributed by atoms with Crippen molar-refractivity contribution in [3.8, 4) is 0 Å². The third-order valence-electron chi connectivity index (χ3n) is 1.92. The highest BCUT2D eigenvalue weighted by Crippen LogP contribution is 2.21. The Morgan fingerprint density at radius 2 is 2.21 bits per heavy atom. The van der Waals surface area contributed by atoms with Crippen LogP contribution < -0.4 is 5.73 Å². The topological polar surface area (TPSA) is 52.3 Å². The highest BCUT2D eigenvalue weighted by atomic mass is 35.5. The van der Waals surface area contributed by atoms with Crippen molar-refractivity contribution in [1.82, 2.24) is 0 Å². The van der Waals surface area contributed by atoms with Gasteiger partial charge in [-0.1, -0.05) is 17.7 Å². The predicted molar refractivity (Wildman–Crippen MR) is 55.4 cm³/mol. The zero-order valence-corrected chi connectivity index (χ0v) is 8.84. The second-order valence-corrected chi connectivity index (χ2v) is 3.43. The molecule has 0 spiro atoms. The standard InChI is InChI=1S/C10H12ClNO2/c1-6(12)7-3-4-8(9(11)5-7)10(13)14-2/h3-6H,12H2,1-2H3/t6-/m0/s1. The number of halogens is 1. The SMILES string of the molecule is COC(=O)c1ccc([C@H](C)N)cc1Cl. The molecule has 1 rings (SSSR count). The molecule has 0 saturated heterocycles. The Morgan fingerprint density at radius 3 is 2.64 bits per heavy atom. The molecule has 3 nitrogen and oxygen atoms in total. The maximum absolute atomic E-state index is 11.2. The average Bonchev–Trinajstić information content (AvgIpc) is 2.16. The maximum atomic E-state index is 11.2. The zero-order chi connectivity index (χ0) is 10.7. The molecule has 76 valence electrons. The first-order valence-electron chi connectivity index (χ1n) is 4.19. The Balaban J connectivity index is 3.07. The van der Waals surface area contributed by atoms with Crippen LogP contribution in [0.3, 0.4) is 0 Å². The van der Waals surface area contributed by atoms with Gasteiger partial charge in [-0.2, -0.15) is 0 Å². The number of benzene rings is 1. The highest BCUT2D eigenvalue weighted by molar-refractivity contribution is 6.33. The van der Waals surface area contributed by atoms with Gasteiger partial charge in [0, 0.05) is 6.04 Å². The summed E-state index contributed by atoms with van der Waals surface area (Å²) in [6.07, 6.45) is 0. The molecule has 0 radical (unpaired) electrons. The van der Waals surface area contributed by atoms with Crippen molar-refractivity contribution in [3.05, 3.63) is 34.3 Å². The molecule has 0 saturated carbocycles. The molecule has 0 amide bonds. The number of carbonyl (C=O) groups is 1. The Labute approximate surface area is 87.8 Å². The molecule has 1 aromatic rings. The summed E-state index contributed by atoms with van der Waals surface area (Å²) < 4.78 is 4.56. The van der Waals surface area contributed by atoms with Gasteiger partial charge in [0.05, 0.1) is 17.7 Å². The fourth-order valence-electron chi connectivity index (χ4n) is 1.09. The first kappa shape index (κ1) is 11.0. The van der Waals surface area contributed by atoms with E-state index in [1.54, 1.807) is 18.2 Å². The minimum atomic E-state index is -0.439. The second-order valence-electron chi connectivity index (χ2n) is 3.02. The van der Waals surface area contributed by atoms with Crippen molar-refractivity contribution >= 4 is 17.6 Å². The van der Waals surface area contributed by atoms with Crippen LogP contribution in [0.5, 0.6) is 0 Å². The first-order valence-corrected chi connectivity index (χ1v) is 4.57. The fourth-order valence-corrected chi connectivity index (χ4v) is 1.36. The van der Waals surface area contributed by atoms with Crippen LogP contribution in [0.15, 0.2) is 18.2 Å². The summed E-state index contributed by atoms with van der Waals surface area (Å²) >= 11 is 5.89. The van der Waals surface area contributed by atoms with Gasteiger partial charge in [0.25, 0.3) is 0 Å². The van der Waals surface area contributed by atoms with E-state index in [1.165, 1.54) is 7.11 Å². The van der Waals surface area contributed by atoms with Gasteiger partial charge < -0.3 is 10.5 Å². The quantitative estimate of drug-likeness (QED) is 0.766. The van der Waals surface area contributed by atoms with Crippen molar-refractivity contribution in [1.29, 1.82) is 0 Å². The van der Waals surface area contributed by atoms with Crippen LogP contribution in [0, 0.1) is 0 Å². The summed E-state index contributed by atoms with van der Waals surface area (Å²) in [4.78, 5) is 11.2. The van der Waals surface area contributed by atoms with Gasteiger partial charge in [-0.15, -0.1) is 0 Å². The molecular formula is C10H12ClNO2. The second kappa shape index (κ2) is 4.44. The van der Waals surface area contributed by atoms with E-state index in [-0.39, 0.29) is 6.04 Å². The molecular weight excluding hydrogens is 202 g/mol. The van der Waals surface area contributed by atoms with Crippen LogP contribution in [0.4, 0.5) is 0 Å². The predicted octanol–water partition coefficient (Wildman–Crippen LogP) is 2.15. The molecule has 0 bridgehead atoms. The molecule has 0 unspecified atom stereocenters. The molecule has 4 heteroatoms. The number of methoxy groups -OCH3 is 1. The summed E-state index contributed by atoms with van der Waals surface area (Å²) in [6, 6.07) is 4.97. The van der Waals surface area contributed by atoms with Crippen molar-refractivity contribution in [3.63, 3.8) is 0 Å². The van der Waals surface area contributed by atoms with Crippen molar-refractivity contribution < 1.29 is 9.53 Å². The van der Waals surface area contributed by atoms with Crippen LogP contribution in [0.2, 0.25) is 5.02 Å². The maximum Gasteiger partial charge on any atom is 0.339 e. The lowest BCUT2D eigenvalue weighted by Crippen LogP contribution is -2.07. The van der Waals surface area contributed by atoms with Crippen molar-refractivity contribution in [2.75, 3.05) is 7.11 Å². The van der Waals surface area contributed by atoms with E-state index in [0.717, 1.165) is 5.56 Å². The lowest BCUT2D eigenvalue weighted by atomic mass is 10.1. The van der Waals surface area contributed by atoms with Crippen LogP contribution in [0.25, 0.3) is 0 Å². The molecule has 0 heterocycles. The van der Waals surface area contributed by atoms with Gasteiger partial charge in [0.15, 0.2) is 0 Å². The summed E-state index contributed by atoms with van der Waals surface area (Å²) in [7, 11) is 1.32. The molecule has 0 fully saturated rings. The summed E-state index contributed by atoms with van der Waals surface area (Å²) in [6.45, 7) is 1.85. The molecule has 0 aliphatic heterocycles. The van der Waals surface area contributed by atoms with Gasteiger partial charge >= 0.3 is 5.97 Å². The number of hydrogen-bond donors (Lipinski definition) is 1. The fraction of sp³-hybridized carbons (Fsp3) is 0.300. The molecule has 2 N–H and O–H groups in total. The van der Waals surface area contributed by atoms with E-state index in [9.17, 15) is 4.79 Å². The van der Waals surface area contributed by atoms with Crippen LogP contribution in [-0.4, -0.2) is 13.1 Å². The van der Waals surface area contributed by atoms with Crippen LogP contribution in [0.1, 0.15) is 28.9 Å². The van der Waals surface area contributed by atoms with Gasteiger partial charge in [-0.05, 0) is 24.6 Å². The minimum Gasteiger partial charge on any atom is -0.465 e. The van der Waals surface area contributed by atoms with Crippen molar-refractivity contribution in [2.24, 2.45) is 5.73 Å². The van der Waals surface area contributed by atoms with Gasteiger partial charge in [0.2, 0.25) is 0 Å². The first-order chi connectivity index (χ1) is 6.56.